The molecule has 206 valence electrons. The first-order valence-corrected chi connectivity index (χ1v) is 15.6. The van der Waals surface area contributed by atoms with Crippen LogP contribution in [0.4, 0.5) is 0 Å². The van der Waals surface area contributed by atoms with Gasteiger partial charge in [0.15, 0.2) is 5.82 Å². The molecule has 0 saturated heterocycles. The highest BCUT2D eigenvalue weighted by Crippen LogP contribution is 2.40. The van der Waals surface area contributed by atoms with Gasteiger partial charge in [0.05, 0.1) is 22.4 Å². The summed E-state index contributed by atoms with van der Waals surface area (Å²) in [4.78, 5) is 10.5. The fourth-order valence-electron chi connectivity index (χ4n) is 6.42. The lowest BCUT2D eigenvalue weighted by molar-refractivity contribution is 1.18. The molecule has 9 rings (SSSR count). The highest BCUT2D eigenvalue weighted by molar-refractivity contribution is 7.25. The fourth-order valence-corrected chi connectivity index (χ4v) is 7.55. The first kappa shape index (κ1) is 25.0. The van der Waals surface area contributed by atoms with Crippen molar-refractivity contribution in [1.29, 1.82) is 0 Å². The Labute approximate surface area is 258 Å². The highest BCUT2D eigenvalue weighted by Gasteiger charge is 2.17. The summed E-state index contributed by atoms with van der Waals surface area (Å²) in [5.74, 6) is 0.738. The first-order chi connectivity index (χ1) is 21.8. The lowest BCUT2D eigenvalue weighted by Gasteiger charge is -2.11. The van der Waals surface area contributed by atoms with Gasteiger partial charge in [-0.25, -0.2) is 9.97 Å². The summed E-state index contributed by atoms with van der Waals surface area (Å²) in [6.07, 6.45) is 0. The van der Waals surface area contributed by atoms with Crippen LogP contribution in [-0.2, 0) is 0 Å². The second kappa shape index (κ2) is 10.0. The summed E-state index contributed by atoms with van der Waals surface area (Å²) in [6.45, 7) is 0. The number of thiophene rings is 1. The molecule has 3 heterocycles. The van der Waals surface area contributed by atoms with Gasteiger partial charge >= 0.3 is 0 Å². The van der Waals surface area contributed by atoms with Crippen molar-refractivity contribution in [3.8, 4) is 39.6 Å². The average Bonchev–Trinajstić information content (AvgIpc) is 3.64. The zero-order chi connectivity index (χ0) is 29.0. The van der Waals surface area contributed by atoms with Crippen LogP contribution < -0.4 is 0 Å². The Kier molecular flexibility index (Phi) is 5.68. The van der Waals surface area contributed by atoms with Crippen molar-refractivity contribution in [2.45, 2.75) is 0 Å². The molecular formula is C40H25N3S. The van der Waals surface area contributed by atoms with Crippen LogP contribution in [-0.4, -0.2) is 14.5 Å². The van der Waals surface area contributed by atoms with Gasteiger partial charge in [-0.2, -0.15) is 0 Å². The van der Waals surface area contributed by atoms with Gasteiger partial charge < -0.3 is 4.57 Å². The van der Waals surface area contributed by atoms with E-state index in [-0.39, 0.29) is 0 Å². The van der Waals surface area contributed by atoms with E-state index in [0.29, 0.717) is 0 Å². The fraction of sp³-hybridized carbons (Fsp3) is 0. The largest absolute Gasteiger partial charge is 0.309 e. The summed E-state index contributed by atoms with van der Waals surface area (Å²) in [5, 5.41) is 4.88. The maximum Gasteiger partial charge on any atom is 0.161 e. The predicted molar refractivity (Wildman–Crippen MR) is 186 cm³/mol. The number of hydrogen-bond acceptors (Lipinski definition) is 3. The van der Waals surface area contributed by atoms with Crippen LogP contribution in [0.25, 0.3) is 81.6 Å². The topological polar surface area (TPSA) is 30.7 Å². The van der Waals surface area contributed by atoms with Crippen molar-refractivity contribution in [1.82, 2.24) is 14.5 Å². The SMILES string of the molecule is c1ccc(-c2cc(-c3ccc4c(c3)c3ccccc3n4-c3ccccc3)nc(-c3cccc4sc5ccccc5c34)n2)cc1. The van der Waals surface area contributed by atoms with Gasteiger partial charge in [-0.3, -0.25) is 0 Å². The molecule has 0 N–H and O–H groups in total. The standard InChI is InChI=1S/C40H25N3S/c1-3-12-26(13-4-1)33-25-34(42-40(41-33)31-18-11-21-38-39(31)30-17-8-10-20-37(30)44-38)27-22-23-36-32(24-27)29-16-7-9-19-35(29)43(36)28-14-5-2-6-15-28/h1-25H. The smallest absolute Gasteiger partial charge is 0.161 e. The third kappa shape index (κ3) is 3.96. The average molecular weight is 580 g/mol. The van der Waals surface area contributed by atoms with Crippen LogP contribution in [0.2, 0.25) is 0 Å². The van der Waals surface area contributed by atoms with Crippen LogP contribution in [0.1, 0.15) is 0 Å². The minimum atomic E-state index is 0.738. The van der Waals surface area contributed by atoms with E-state index in [9.17, 15) is 0 Å². The van der Waals surface area contributed by atoms with Gasteiger partial charge in [-0.15, -0.1) is 11.3 Å². The van der Waals surface area contributed by atoms with Gasteiger partial charge in [-0.1, -0.05) is 103 Å². The molecule has 0 aliphatic rings. The highest BCUT2D eigenvalue weighted by atomic mass is 32.1. The quantitative estimate of drug-likeness (QED) is 0.208. The van der Waals surface area contributed by atoms with Gasteiger partial charge in [0.2, 0.25) is 0 Å². The van der Waals surface area contributed by atoms with Crippen LogP contribution in [0, 0.1) is 0 Å². The molecule has 0 atom stereocenters. The molecule has 0 amide bonds. The van der Waals surface area contributed by atoms with Gasteiger partial charge in [0.1, 0.15) is 0 Å². The summed E-state index contributed by atoms with van der Waals surface area (Å²) >= 11 is 1.82. The Morgan fingerprint density at radius 3 is 1.95 bits per heavy atom. The summed E-state index contributed by atoms with van der Waals surface area (Å²) in [7, 11) is 0. The lowest BCUT2D eigenvalue weighted by Crippen LogP contribution is -1.96. The second-order valence-electron chi connectivity index (χ2n) is 11.0. The van der Waals surface area contributed by atoms with Crippen molar-refractivity contribution in [2.24, 2.45) is 0 Å². The maximum atomic E-state index is 5.27. The Morgan fingerprint density at radius 1 is 0.455 bits per heavy atom. The van der Waals surface area contributed by atoms with Crippen molar-refractivity contribution in [3.63, 3.8) is 0 Å². The maximum absolute atomic E-state index is 5.27. The summed E-state index contributed by atoms with van der Waals surface area (Å²) in [5.41, 5.74) is 8.53. The van der Waals surface area contributed by atoms with Crippen LogP contribution in [0.15, 0.2) is 152 Å². The van der Waals surface area contributed by atoms with E-state index in [2.05, 4.69) is 150 Å². The summed E-state index contributed by atoms with van der Waals surface area (Å²) in [6, 6.07) is 53.6. The van der Waals surface area contributed by atoms with Crippen LogP contribution in [0.3, 0.4) is 0 Å². The lowest BCUT2D eigenvalue weighted by atomic mass is 10.0. The molecular weight excluding hydrogens is 555 g/mol. The zero-order valence-corrected chi connectivity index (χ0v) is 24.5. The van der Waals surface area contributed by atoms with E-state index in [1.807, 2.05) is 17.4 Å². The first-order valence-electron chi connectivity index (χ1n) is 14.8. The number of para-hydroxylation sites is 2. The Morgan fingerprint density at radius 2 is 1.11 bits per heavy atom. The normalized spacial score (nSPS) is 11.6. The Hall–Kier alpha value is -5.58. The van der Waals surface area contributed by atoms with Crippen LogP contribution in [0.5, 0.6) is 0 Å². The van der Waals surface area contributed by atoms with Gasteiger partial charge in [-0.05, 0) is 48.5 Å². The molecule has 0 spiro atoms. The number of benzene rings is 6. The third-order valence-electron chi connectivity index (χ3n) is 8.42. The molecule has 9 aromatic rings. The Balaban J connectivity index is 1.30. The molecule has 0 unspecified atom stereocenters. The van der Waals surface area contributed by atoms with Gasteiger partial charge in [0, 0.05) is 53.3 Å². The molecule has 44 heavy (non-hydrogen) atoms. The minimum absolute atomic E-state index is 0.738. The van der Waals surface area contributed by atoms with Crippen LogP contribution >= 0.6 is 11.3 Å². The number of aromatic nitrogens is 3. The summed E-state index contributed by atoms with van der Waals surface area (Å²) < 4.78 is 4.86. The molecule has 0 aliphatic carbocycles. The molecule has 3 nitrogen and oxygen atoms in total. The zero-order valence-electron chi connectivity index (χ0n) is 23.7. The molecule has 0 fully saturated rings. The van der Waals surface area contributed by atoms with Crippen molar-refractivity contribution >= 4 is 53.3 Å². The van der Waals surface area contributed by atoms with Crippen molar-refractivity contribution < 1.29 is 0 Å². The number of nitrogens with zero attached hydrogens (tertiary/aromatic N) is 3. The molecule has 0 saturated carbocycles. The molecule has 3 aromatic heterocycles. The molecule has 6 aromatic carbocycles. The number of fused-ring (bicyclic) bond motifs is 6. The van der Waals surface area contributed by atoms with E-state index in [1.165, 1.54) is 42.0 Å². The predicted octanol–water partition coefficient (Wildman–Crippen LogP) is 10.9. The Bertz CT molecular complexity index is 2490. The van der Waals surface area contributed by atoms with E-state index in [4.69, 9.17) is 9.97 Å². The molecule has 0 bridgehead atoms. The number of rotatable bonds is 4. The van der Waals surface area contributed by atoms with E-state index in [0.717, 1.165) is 39.6 Å². The van der Waals surface area contributed by atoms with E-state index in [1.54, 1.807) is 0 Å². The monoisotopic (exact) mass is 579 g/mol. The molecule has 4 heteroatoms. The minimum Gasteiger partial charge on any atom is -0.309 e. The van der Waals surface area contributed by atoms with Gasteiger partial charge in [0.25, 0.3) is 0 Å². The molecule has 0 radical (unpaired) electrons. The van der Waals surface area contributed by atoms with E-state index < -0.39 is 0 Å². The van der Waals surface area contributed by atoms with E-state index >= 15 is 0 Å². The third-order valence-corrected chi connectivity index (χ3v) is 9.56. The second-order valence-corrected chi connectivity index (χ2v) is 12.1. The number of hydrogen-bond donors (Lipinski definition) is 0. The van der Waals surface area contributed by atoms with Crippen molar-refractivity contribution in [2.75, 3.05) is 0 Å². The molecule has 0 aliphatic heterocycles. The van der Waals surface area contributed by atoms with Crippen molar-refractivity contribution in [3.05, 3.63) is 152 Å².